The first-order valence-electron chi connectivity index (χ1n) is 11.1. The summed E-state index contributed by atoms with van der Waals surface area (Å²) in [6.07, 6.45) is 3.88. The van der Waals surface area contributed by atoms with Gasteiger partial charge in [-0.1, -0.05) is 65.3 Å². The Hall–Kier alpha value is -2.50. The van der Waals surface area contributed by atoms with Crippen LogP contribution < -0.4 is 0 Å². The highest BCUT2D eigenvalue weighted by Crippen LogP contribution is 2.39. The number of benzene rings is 2. The normalized spacial score (nSPS) is 22.7. The molecule has 156 valence electrons. The first-order valence-corrected chi connectivity index (χ1v) is 11.1. The maximum Gasteiger partial charge on any atom is 0.241 e. The molecule has 5 nitrogen and oxygen atoms in total. The Morgan fingerprint density at radius 2 is 1.77 bits per heavy atom. The van der Waals surface area contributed by atoms with Gasteiger partial charge in [0.1, 0.15) is 0 Å². The van der Waals surface area contributed by atoms with Crippen LogP contribution in [0.4, 0.5) is 0 Å². The second kappa shape index (κ2) is 8.32. The number of piperidine rings is 1. The second-order valence-corrected chi connectivity index (χ2v) is 9.14. The summed E-state index contributed by atoms with van der Waals surface area (Å²) in [5, 5.41) is 4.18. The Balaban J connectivity index is 1.20. The third kappa shape index (κ3) is 4.32. The maximum absolute atomic E-state index is 5.55. The van der Waals surface area contributed by atoms with E-state index >= 15 is 0 Å². The molecule has 0 radical (unpaired) electrons. The lowest BCUT2D eigenvalue weighted by atomic mass is 9.79. The Labute approximate surface area is 178 Å². The van der Waals surface area contributed by atoms with Gasteiger partial charge < -0.3 is 4.52 Å². The third-order valence-corrected chi connectivity index (χ3v) is 6.61. The average Bonchev–Trinajstić information content (AvgIpc) is 3.36. The Morgan fingerprint density at radius 3 is 2.60 bits per heavy atom. The predicted octanol–water partition coefficient (Wildman–Crippen LogP) is 4.53. The van der Waals surface area contributed by atoms with Crippen molar-refractivity contribution in [2.24, 2.45) is 5.41 Å². The van der Waals surface area contributed by atoms with E-state index in [4.69, 9.17) is 4.52 Å². The van der Waals surface area contributed by atoms with Crippen LogP contribution in [-0.4, -0.2) is 46.1 Å². The van der Waals surface area contributed by atoms with Crippen LogP contribution in [0.5, 0.6) is 0 Å². The van der Waals surface area contributed by atoms with E-state index in [1.165, 1.54) is 43.5 Å². The first kappa shape index (κ1) is 19.5. The largest absolute Gasteiger partial charge is 0.338 e. The van der Waals surface area contributed by atoms with E-state index < -0.39 is 0 Å². The number of likely N-dealkylation sites (tertiary alicyclic amines) is 2. The van der Waals surface area contributed by atoms with Gasteiger partial charge in [0.15, 0.2) is 0 Å². The molecule has 2 fully saturated rings. The van der Waals surface area contributed by atoms with Crippen LogP contribution in [0.3, 0.4) is 0 Å². The van der Waals surface area contributed by atoms with E-state index in [-0.39, 0.29) is 0 Å². The molecule has 0 saturated carbocycles. The molecule has 0 N–H and O–H groups in total. The molecule has 0 aliphatic carbocycles. The Bertz CT molecular complexity index is 986. The summed E-state index contributed by atoms with van der Waals surface area (Å²) in [5.41, 5.74) is 4.19. The van der Waals surface area contributed by atoms with Gasteiger partial charge in [0.05, 0.1) is 6.54 Å². The van der Waals surface area contributed by atoms with Crippen LogP contribution in [0.1, 0.15) is 36.3 Å². The van der Waals surface area contributed by atoms with Gasteiger partial charge in [-0.25, -0.2) is 0 Å². The van der Waals surface area contributed by atoms with E-state index in [1.54, 1.807) is 0 Å². The van der Waals surface area contributed by atoms with Gasteiger partial charge in [0, 0.05) is 25.2 Å². The van der Waals surface area contributed by atoms with Crippen molar-refractivity contribution in [2.75, 3.05) is 26.2 Å². The molecule has 2 aliphatic heterocycles. The molecule has 1 atom stereocenters. The van der Waals surface area contributed by atoms with Crippen LogP contribution in [0.15, 0.2) is 59.1 Å². The molecule has 5 rings (SSSR count). The lowest BCUT2D eigenvalue weighted by Crippen LogP contribution is -2.44. The van der Waals surface area contributed by atoms with Gasteiger partial charge in [0.25, 0.3) is 0 Å². The molecule has 3 aromatic rings. The number of aryl methyl sites for hydroxylation is 1. The number of hydrogen-bond donors (Lipinski definition) is 0. The molecule has 5 heteroatoms. The fourth-order valence-electron chi connectivity index (χ4n) is 5.22. The van der Waals surface area contributed by atoms with Crippen LogP contribution in [0.2, 0.25) is 0 Å². The molecule has 30 heavy (non-hydrogen) atoms. The molecule has 0 unspecified atom stereocenters. The number of aromatic nitrogens is 2. The summed E-state index contributed by atoms with van der Waals surface area (Å²) in [4.78, 5) is 9.78. The summed E-state index contributed by atoms with van der Waals surface area (Å²) >= 11 is 0. The standard InChI is InChI=1S/C25H30N4O/c1-20-7-5-8-21(15-20)16-28-13-6-11-25(18-28)12-14-29(19-25)17-23-26-24(27-30-23)22-9-3-2-4-10-22/h2-5,7-10,15H,6,11-14,16-19H2,1H3/t25-/m0/s1. The zero-order valence-corrected chi connectivity index (χ0v) is 17.8. The fourth-order valence-corrected chi connectivity index (χ4v) is 5.22. The lowest BCUT2D eigenvalue weighted by molar-refractivity contribution is 0.0853. The summed E-state index contributed by atoms with van der Waals surface area (Å²) in [6, 6.07) is 19.0. The average molecular weight is 403 g/mol. The van der Waals surface area contributed by atoms with Crippen LogP contribution in [-0.2, 0) is 13.1 Å². The van der Waals surface area contributed by atoms with Gasteiger partial charge in [-0.3, -0.25) is 9.80 Å². The van der Waals surface area contributed by atoms with Crippen molar-refractivity contribution >= 4 is 0 Å². The quantitative estimate of drug-likeness (QED) is 0.627. The molecule has 1 aromatic heterocycles. The van der Waals surface area contributed by atoms with Crippen LogP contribution in [0, 0.1) is 12.3 Å². The zero-order chi connectivity index (χ0) is 20.4. The van der Waals surface area contributed by atoms with Gasteiger partial charge in [0.2, 0.25) is 11.7 Å². The molecule has 2 aliphatic rings. The molecule has 2 aromatic carbocycles. The van der Waals surface area contributed by atoms with Crippen molar-refractivity contribution in [3.63, 3.8) is 0 Å². The minimum absolute atomic E-state index is 0.407. The minimum atomic E-state index is 0.407. The zero-order valence-electron chi connectivity index (χ0n) is 17.8. The monoisotopic (exact) mass is 402 g/mol. The van der Waals surface area contributed by atoms with Gasteiger partial charge in [-0.05, 0) is 50.3 Å². The molecule has 3 heterocycles. The van der Waals surface area contributed by atoms with E-state index in [2.05, 4.69) is 51.1 Å². The highest BCUT2D eigenvalue weighted by Gasteiger charge is 2.41. The van der Waals surface area contributed by atoms with Gasteiger partial charge in [-0.15, -0.1) is 0 Å². The highest BCUT2D eigenvalue weighted by molar-refractivity contribution is 5.53. The van der Waals surface area contributed by atoms with Crippen LogP contribution in [0.25, 0.3) is 11.4 Å². The molecule has 0 bridgehead atoms. The van der Waals surface area contributed by atoms with Crippen molar-refractivity contribution in [3.8, 4) is 11.4 Å². The summed E-state index contributed by atoms with van der Waals surface area (Å²) in [5.74, 6) is 1.40. The van der Waals surface area contributed by atoms with Crippen molar-refractivity contribution in [1.29, 1.82) is 0 Å². The molecular weight excluding hydrogens is 372 g/mol. The summed E-state index contributed by atoms with van der Waals surface area (Å²) in [6.45, 7) is 8.63. The summed E-state index contributed by atoms with van der Waals surface area (Å²) < 4.78 is 5.55. The van der Waals surface area contributed by atoms with Crippen molar-refractivity contribution in [1.82, 2.24) is 19.9 Å². The summed E-state index contributed by atoms with van der Waals surface area (Å²) in [7, 11) is 0. The van der Waals surface area contributed by atoms with Gasteiger partial charge in [-0.2, -0.15) is 4.98 Å². The smallest absolute Gasteiger partial charge is 0.241 e. The van der Waals surface area contributed by atoms with E-state index in [1.807, 2.05) is 30.3 Å². The molecular formula is C25H30N4O. The Kier molecular flexibility index (Phi) is 5.40. The van der Waals surface area contributed by atoms with Crippen molar-refractivity contribution in [2.45, 2.75) is 39.3 Å². The lowest BCUT2D eigenvalue weighted by Gasteiger charge is -2.40. The fraction of sp³-hybridized carbons (Fsp3) is 0.440. The van der Waals surface area contributed by atoms with Crippen molar-refractivity contribution in [3.05, 3.63) is 71.6 Å². The number of rotatable bonds is 5. The van der Waals surface area contributed by atoms with E-state index in [0.717, 1.165) is 37.6 Å². The topological polar surface area (TPSA) is 45.4 Å². The number of nitrogens with zero attached hydrogens (tertiary/aromatic N) is 4. The second-order valence-electron chi connectivity index (χ2n) is 9.14. The van der Waals surface area contributed by atoms with E-state index in [9.17, 15) is 0 Å². The van der Waals surface area contributed by atoms with Crippen LogP contribution >= 0.6 is 0 Å². The molecule has 0 amide bonds. The van der Waals surface area contributed by atoms with Gasteiger partial charge >= 0.3 is 0 Å². The predicted molar refractivity (Wildman–Crippen MR) is 118 cm³/mol. The SMILES string of the molecule is Cc1cccc(CN2CCC[C@]3(CCN(Cc4nc(-c5ccccc5)no4)C3)C2)c1. The Morgan fingerprint density at radius 1 is 0.933 bits per heavy atom. The highest BCUT2D eigenvalue weighted by atomic mass is 16.5. The maximum atomic E-state index is 5.55. The van der Waals surface area contributed by atoms with Crippen molar-refractivity contribution < 1.29 is 4.52 Å². The third-order valence-electron chi connectivity index (χ3n) is 6.61. The molecule has 1 spiro atoms. The minimum Gasteiger partial charge on any atom is -0.338 e. The first-order chi connectivity index (χ1) is 14.7. The van der Waals surface area contributed by atoms with E-state index in [0.29, 0.717) is 11.2 Å². The molecule has 2 saturated heterocycles. The number of hydrogen-bond acceptors (Lipinski definition) is 5.